The van der Waals surface area contributed by atoms with Crippen LogP contribution in [-0.4, -0.2) is 58.8 Å². The van der Waals surface area contributed by atoms with E-state index in [1.807, 2.05) is 4.90 Å². The molecule has 3 fully saturated rings. The largest absolute Gasteiger partial charge is 0.508 e. The van der Waals surface area contributed by atoms with Crippen molar-refractivity contribution in [1.82, 2.24) is 10.2 Å². The maximum atomic E-state index is 12.8. The van der Waals surface area contributed by atoms with E-state index in [1.54, 1.807) is 6.07 Å². The Kier molecular flexibility index (Phi) is 5.94. The zero-order valence-electron chi connectivity index (χ0n) is 16.7. The lowest BCUT2D eigenvalue weighted by Gasteiger charge is -2.34. The van der Waals surface area contributed by atoms with Gasteiger partial charge in [-0.2, -0.15) is 0 Å². The average Bonchev–Trinajstić information content (AvgIpc) is 3.38. The summed E-state index contributed by atoms with van der Waals surface area (Å²) in [5.74, 6) is 0.598. The van der Waals surface area contributed by atoms with Gasteiger partial charge in [0.2, 0.25) is 5.91 Å². The highest BCUT2D eigenvalue weighted by atomic mass is 16.5. The number of aliphatic hydroxyl groups is 1. The van der Waals surface area contributed by atoms with Crippen molar-refractivity contribution in [1.29, 1.82) is 0 Å². The summed E-state index contributed by atoms with van der Waals surface area (Å²) >= 11 is 0. The fraction of sp³-hybridized carbons (Fsp3) is 0.636. The molecule has 3 N–H and O–H groups in total. The van der Waals surface area contributed by atoms with E-state index in [-0.39, 0.29) is 29.0 Å². The Morgan fingerprint density at radius 1 is 1.10 bits per heavy atom. The van der Waals surface area contributed by atoms with Crippen LogP contribution in [0.2, 0.25) is 0 Å². The number of carbonyl (C=O) groups excluding carboxylic acids is 2. The third kappa shape index (κ3) is 5.01. The van der Waals surface area contributed by atoms with Crippen molar-refractivity contribution in [3.05, 3.63) is 23.8 Å². The molecule has 0 radical (unpaired) electrons. The minimum absolute atomic E-state index is 0.0327. The molecule has 29 heavy (non-hydrogen) atoms. The molecule has 3 atom stereocenters. The second kappa shape index (κ2) is 8.61. The summed E-state index contributed by atoms with van der Waals surface area (Å²) in [6.45, 7) is 2.20. The van der Waals surface area contributed by atoms with Crippen LogP contribution in [0.1, 0.15) is 55.3 Å². The van der Waals surface area contributed by atoms with Crippen molar-refractivity contribution in [3.8, 4) is 11.5 Å². The van der Waals surface area contributed by atoms with Crippen LogP contribution in [0.15, 0.2) is 18.2 Å². The molecular weight excluding hydrogens is 372 g/mol. The zero-order valence-corrected chi connectivity index (χ0v) is 16.7. The smallest absolute Gasteiger partial charge is 0.251 e. The van der Waals surface area contributed by atoms with Gasteiger partial charge in [0.05, 0.1) is 18.8 Å². The predicted octanol–water partition coefficient (Wildman–Crippen LogP) is 2.06. The number of hydrogen-bond donors (Lipinski definition) is 3. The Hall–Kier alpha value is -2.28. The Morgan fingerprint density at radius 2 is 1.86 bits per heavy atom. The number of rotatable bonds is 6. The summed E-state index contributed by atoms with van der Waals surface area (Å²) in [4.78, 5) is 27.4. The molecule has 0 unspecified atom stereocenters. The average molecular weight is 402 g/mol. The summed E-state index contributed by atoms with van der Waals surface area (Å²) in [5.41, 5.74) is 0.288. The molecule has 4 rings (SSSR count). The first kappa shape index (κ1) is 20.0. The van der Waals surface area contributed by atoms with Gasteiger partial charge in [0.15, 0.2) is 0 Å². The third-order valence-corrected chi connectivity index (χ3v) is 6.23. The van der Waals surface area contributed by atoms with E-state index >= 15 is 0 Å². The molecule has 7 nitrogen and oxygen atoms in total. The van der Waals surface area contributed by atoms with Crippen LogP contribution in [-0.2, 0) is 4.79 Å². The fourth-order valence-corrected chi connectivity index (χ4v) is 4.28. The molecule has 1 aliphatic heterocycles. The molecule has 0 bridgehead atoms. The lowest BCUT2D eigenvalue weighted by atomic mass is 9.82. The normalized spacial score (nSPS) is 26.9. The Labute approximate surface area is 171 Å². The lowest BCUT2D eigenvalue weighted by Crippen LogP contribution is -2.49. The fourth-order valence-electron chi connectivity index (χ4n) is 4.28. The number of aromatic hydroxyl groups is 1. The molecular formula is C22H30N2O5. The highest BCUT2D eigenvalue weighted by Gasteiger charge is 2.36. The van der Waals surface area contributed by atoms with Crippen molar-refractivity contribution in [2.75, 3.05) is 19.7 Å². The van der Waals surface area contributed by atoms with Gasteiger partial charge in [0, 0.05) is 30.6 Å². The number of phenolic OH excluding ortho intramolecular Hbond substituents is 1. The number of nitrogens with zero attached hydrogens (tertiary/aromatic N) is 1. The maximum absolute atomic E-state index is 12.8. The topological polar surface area (TPSA) is 99.1 Å². The van der Waals surface area contributed by atoms with Crippen LogP contribution in [0.25, 0.3) is 0 Å². The molecule has 158 valence electrons. The number of amides is 2. The Bertz CT molecular complexity index is 758. The van der Waals surface area contributed by atoms with Crippen LogP contribution >= 0.6 is 0 Å². The van der Waals surface area contributed by atoms with Crippen LogP contribution in [0, 0.1) is 11.8 Å². The van der Waals surface area contributed by atoms with Gasteiger partial charge in [0.1, 0.15) is 11.5 Å². The maximum Gasteiger partial charge on any atom is 0.251 e. The molecule has 0 aromatic heterocycles. The number of aliphatic hydroxyl groups excluding tert-OH is 1. The minimum atomic E-state index is -0.676. The molecule has 7 heteroatoms. The quantitative estimate of drug-likeness (QED) is 0.677. The standard InChI is InChI=1S/C22H30N2O5/c25-17-9-16(10-18(12-17)29-13-14-3-4-14)21(27)23-19-11-15(5-6-20(19)26)22(28)24-7-1-2-8-24/h9-10,12,14-15,19-20,25-26H,1-8,11,13H2,(H,23,27)/t15-,19+,20+/m0/s1. The third-order valence-electron chi connectivity index (χ3n) is 6.23. The second-order valence-corrected chi connectivity index (χ2v) is 8.66. The first-order valence-electron chi connectivity index (χ1n) is 10.7. The molecule has 1 aromatic rings. The monoisotopic (exact) mass is 402 g/mol. The number of phenols is 1. The molecule has 3 aliphatic rings. The molecule has 2 amide bonds. The van der Waals surface area contributed by atoms with E-state index < -0.39 is 12.1 Å². The van der Waals surface area contributed by atoms with Gasteiger partial charge in [-0.05, 0) is 63.0 Å². The summed E-state index contributed by atoms with van der Waals surface area (Å²) in [7, 11) is 0. The van der Waals surface area contributed by atoms with E-state index in [9.17, 15) is 19.8 Å². The summed E-state index contributed by atoms with van der Waals surface area (Å²) in [5, 5.41) is 23.2. The number of carbonyl (C=O) groups is 2. The van der Waals surface area contributed by atoms with Crippen molar-refractivity contribution in [2.24, 2.45) is 11.8 Å². The highest BCUT2D eigenvalue weighted by Crippen LogP contribution is 2.31. The van der Waals surface area contributed by atoms with Gasteiger partial charge in [0.25, 0.3) is 5.91 Å². The van der Waals surface area contributed by atoms with Gasteiger partial charge < -0.3 is 25.2 Å². The van der Waals surface area contributed by atoms with E-state index in [0.717, 1.165) is 38.8 Å². The number of nitrogens with one attached hydrogen (secondary N) is 1. The summed E-state index contributed by atoms with van der Waals surface area (Å²) < 4.78 is 5.68. The lowest BCUT2D eigenvalue weighted by molar-refractivity contribution is -0.136. The highest BCUT2D eigenvalue weighted by molar-refractivity contribution is 5.95. The van der Waals surface area contributed by atoms with Gasteiger partial charge in [-0.3, -0.25) is 9.59 Å². The van der Waals surface area contributed by atoms with E-state index in [0.29, 0.717) is 37.5 Å². The van der Waals surface area contributed by atoms with Crippen molar-refractivity contribution in [2.45, 2.75) is 57.1 Å². The van der Waals surface area contributed by atoms with E-state index in [4.69, 9.17) is 4.74 Å². The van der Waals surface area contributed by atoms with Crippen LogP contribution in [0.3, 0.4) is 0 Å². The first-order valence-corrected chi connectivity index (χ1v) is 10.7. The molecule has 2 aliphatic carbocycles. The SMILES string of the molecule is O=C(N[C@@H]1C[C@@H](C(=O)N2CCCC2)CC[C@H]1O)c1cc(O)cc(OCC2CC2)c1. The van der Waals surface area contributed by atoms with Crippen LogP contribution in [0.5, 0.6) is 11.5 Å². The summed E-state index contributed by atoms with van der Waals surface area (Å²) in [6, 6.07) is 4.02. The molecule has 0 spiro atoms. The van der Waals surface area contributed by atoms with Crippen LogP contribution in [0.4, 0.5) is 0 Å². The van der Waals surface area contributed by atoms with Crippen molar-refractivity contribution in [3.63, 3.8) is 0 Å². The minimum Gasteiger partial charge on any atom is -0.508 e. The van der Waals surface area contributed by atoms with Crippen molar-refractivity contribution < 1.29 is 24.5 Å². The number of ether oxygens (including phenoxy) is 1. The summed E-state index contributed by atoms with van der Waals surface area (Å²) in [6.07, 6.45) is 5.30. The molecule has 2 saturated carbocycles. The van der Waals surface area contributed by atoms with E-state index in [1.165, 1.54) is 12.1 Å². The van der Waals surface area contributed by atoms with E-state index in [2.05, 4.69) is 5.32 Å². The first-order chi connectivity index (χ1) is 14.0. The Balaban J connectivity index is 1.38. The molecule has 1 aromatic carbocycles. The molecule has 1 heterocycles. The van der Waals surface area contributed by atoms with Gasteiger partial charge in [-0.1, -0.05) is 0 Å². The Morgan fingerprint density at radius 3 is 2.59 bits per heavy atom. The molecule has 1 saturated heterocycles. The van der Waals surface area contributed by atoms with Gasteiger partial charge >= 0.3 is 0 Å². The zero-order chi connectivity index (χ0) is 20.4. The number of hydrogen-bond acceptors (Lipinski definition) is 5. The second-order valence-electron chi connectivity index (χ2n) is 8.66. The van der Waals surface area contributed by atoms with Gasteiger partial charge in [-0.15, -0.1) is 0 Å². The van der Waals surface area contributed by atoms with Crippen LogP contribution < -0.4 is 10.1 Å². The van der Waals surface area contributed by atoms with Crippen molar-refractivity contribution >= 4 is 11.8 Å². The predicted molar refractivity (Wildman–Crippen MR) is 107 cm³/mol. The van der Waals surface area contributed by atoms with Gasteiger partial charge in [-0.25, -0.2) is 0 Å². The number of benzene rings is 1. The number of likely N-dealkylation sites (tertiary alicyclic amines) is 1.